The molecule has 1 amide bonds. The van der Waals surface area contributed by atoms with E-state index in [2.05, 4.69) is 34.5 Å². The van der Waals surface area contributed by atoms with Crippen molar-refractivity contribution in [3.05, 3.63) is 88.8 Å². The molecule has 0 saturated heterocycles. The first kappa shape index (κ1) is 20.2. The molecule has 2 heterocycles. The molecule has 2 aromatic carbocycles. The number of carbonyl (C=O) groups is 2. The van der Waals surface area contributed by atoms with Crippen LogP contribution in [0, 0.1) is 17.7 Å². The van der Waals surface area contributed by atoms with Crippen molar-refractivity contribution < 1.29 is 19.1 Å². The lowest BCUT2D eigenvalue weighted by Gasteiger charge is -2.51. The largest absolute Gasteiger partial charge is 0.480 e. The second-order valence-corrected chi connectivity index (χ2v) is 9.53. The van der Waals surface area contributed by atoms with Crippen molar-refractivity contribution in [2.45, 2.75) is 30.7 Å². The van der Waals surface area contributed by atoms with Gasteiger partial charge in [0.15, 0.2) is 0 Å². The number of anilines is 1. The monoisotopic (exact) mass is 444 g/mol. The van der Waals surface area contributed by atoms with Crippen LogP contribution in [0.1, 0.15) is 57.8 Å². The Labute approximate surface area is 191 Å². The molecule has 2 aliphatic heterocycles. The number of hydrogen-bond acceptors (Lipinski definition) is 3. The van der Waals surface area contributed by atoms with E-state index in [1.165, 1.54) is 5.69 Å². The molecule has 5 nitrogen and oxygen atoms in total. The van der Waals surface area contributed by atoms with Crippen molar-refractivity contribution >= 4 is 17.6 Å². The minimum atomic E-state index is -1.06. The third-order valence-electron chi connectivity index (χ3n) is 7.72. The standard InChI is InChI=1S/C27H25FN2O3/c28-18-9-7-15(8-10-18)25-21-6-2-5-20(21)23-12-17(27(33)29-13-24(31)32)11-22-19-4-1-3-16(19)14-30(25)26(22)23/h1-2,4-5,7-12,16,19-21,25H,3,6,13-14H2,(H,29,33)(H,31,32)/t16-,19+,20+,21+,25+/m1/s1. The van der Waals surface area contributed by atoms with Gasteiger partial charge in [-0.25, -0.2) is 4.39 Å². The highest BCUT2D eigenvalue weighted by atomic mass is 19.1. The molecule has 4 aliphatic rings. The second kappa shape index (κ2) is 7.58. The number of carboxylic acid groups (broad SMARTS) is 1. The zero-order chi connectivity index (χ0) is 22.7. The second-order valence-electron chi connectivity index (χ2n) is 9.53. The van der Waals surface area contributed by atoms with Crippen molar-refractivity contribution in [2.75, 3.05) is 18.0 Å². The first-order valence-corrected chi connectivity index (χ1v) is 11.5. The molecule has 0 aromatic heterocycles. The maximum atomic E-state index is 13.7. The van der Waals surface area contributed by atoms with E-state index in [9.17, 15) is 14.0 Å². The summed E-state index contributed by atoms with van der Waals surface area (Å²) in [7, 11) is 0. The van der Waals surface area contributed by atoms with Gasteiger partial charge in [-0.15, -0.1) is 0 Å². The highest BCUT2D eigenvalue weighted by Crippen LogP contribution is 2.58. The number of fused-ring (bicyclic) bond motifs is 4. The van der Waals surface area contributed by atoms with Crippen LogP contribution in [0.3, 0.4) is 0 Å². The maximum absolute atomic E-state index is 13.7. The minimum absolute atomic E-state index is 0.144. The zero-order valence-electron chi connectivity index (χ0n) is 18.1. The Morgan fingerprint density at radius 3 is 2.48 bits per heavy atom. The number of nitrogens with zero attached hydrogens (tertiary/aromatic N) is 1. The lowest BCUT2D eigenvalue weighted by atomic mass is 9.70. The summed E-state index contributed by atoms with van der Waals surface area (Å²) in [5.41, 5.74) is 5.12. The summed E-state index contributed by atoms with van der Waals surface area (Å²) < 4.78 is 13.7. The molecule has 0 radical (unpaired) electrons. The average Bonchev–Trinajstić information content (AvgIpc) is 3.48. The van der Waals surface area contributed by atoms with Gasteiger partial charge >= 0.3 is 5.97 Å². The molecule has 2 N–H and O–H groups in total. The number of nitrogens with one attached hydrogen (secondary N) is 1. The lowest BCUT2D eigenvalue weighted by Crippen LogP contribution is -2.46. The van der Waals surface area contributed by atoms with Gasteiger partial charge in [0, 0.05) is 29.6 Å². The summed E-state index contributed by atoms with van der Waals surface area (Å²) in [4.78, 5) is 26.3. The molecular weight excluding hydrogens is 419 g/mol. The molecule has 0 bridgehead atoms. The van der Waals surface area contributed by atoms with Crippen LogP contribution in [0.4, 0.5) is 10.1 Å². The number of hydrogen-bond donors (Lipinski definition) is 2. The van der Waals surface area contributed by atoms with Crippen LogP contribution in [0.25, 0.3) is 0 Å². The van der Waals surface area contributed by atoms with E-state index in [1.54, 1.807) is 12.1 Å². The normalized spacial score (nSPS) is 28.3. The molecule has 6 heteroatoms. The van der Waals surface area contributed by atoms with E-state index in [4.69, 9.17) is 5.11 Å². The quantitative estimate of drug-likeness (QED) is 0.680. The van der Waals surface area contributed by atoms with Crippen LogP contribution in [-0.2, 0) is 4.79 Å². The Bertz CT molecular complexity index is 1190. The molecule has 2 aromatic rings. The number of rotatable bonds is 4. The van der Waals surface area contributed by atoms with Gasteiger partial charge in [-0.1, -0.05) is 36.4 Å². The number of benzene rings is 2. The Hall–Kier alpha value is -3.41. The predicted octanol–water partition coefficient (Wildman–Crippen LogP) is 4.53. The van der Waals surface area contributed by atoms with E-state index in [0.717, 1.165) is 36.1 Å². The molecule has 2 aliphatic carbocycles. The van der Waals surface area contributed by atoms with Gasteiger partial charge in [-0.2, -0.15) is 0 Å². The zero-order valence-corrected chi connectivity index (χ0v) is 18.1. The van der Waals surface area contributed by atoms with Gasteiger partial charge in [-0.05, 0) is 65.6 Å². The van der Waals surface area contributed by atoms with Gasteiger partial charge in [0.2, 0.25) is 0 Å². The van der Waals surface area contributed by atoms with Crippen LogP contribution in [0.2, 0.25) is 0 Å². The molecular formula is C27H25FN2O3. The number of allylic oxidation sites excluding steroid dienone is 4. The Morgan fingerprint density at radius 1 is 1.03 bits per heavy atom. The minimum Gasteiger partial charge on any atom is -0.480 e. The fourth-order valence-electron chi connectivity index (χ4n) is 6.40. The molecule has 6 rings (SSSR count). The summed E-state index contributed by atoms with van der Waals surface area (Å²) in [6.45, 7) is 0.523. The fraction of sp³-hybridized carbons (Fsp3) is 0.333. The van der Waals surface area contributed by atoms with Crippen molar-refractivity contribution in [3.63, 3.8) is 0 Å². The van der Waals surface area contributed by atoms with Gasteiger partial charge in [-0.3, -0.25) is 9.59 Å². The van der Waals surface area contributed by atoms with E-state index in [-0.39, 0.29) is 29.6 Å². The Balaban J connectivity index is 1.51. The molecule has 0 unspecified atom stereocenters. The molecule has 0 spiro atoms. The van der Waals surface area contributed by atoms with Crippen molar-refractivity contribution in [1.82, 2.24) is 5.32 Å². The van der Waals surface area contributed by atoms with Gasteiger partial charge in [0.05, 0.1) is 6.04 Å². The predicted molar refractivity (Wildman–Crippen MR) is 123 cm³/mol. The van der Waals surface area contributed by atoms with Crippen LogP contribution < -0.4 is 10.2 Å². The topological polar surface area (TPSA) is 69.6 Å². The van der Waals surface area contributed by atoms with Crippen LogP contribution in [0.5, 0.6) is 0 Å². The molecule has 168 valence electrons. The fourth-order valence-corrected chi connectivity index (χ4v) is 6.40. The number of halogens is 1. The summed E-state index contributed by atoms with van der Waals surface area (Å²) in [5, 5.41) is 11.5. The van der Waals surface area contributed by atoms with E-state index in [0.29, 0.717) is 17.4 Å². The number of carbonyl (C=O) groups excluding carboxylic acids is 1. The summed E-state index contributed by atoms with van der Waals surface area (Å²) in [6, 6.07) is 11.0. The first-order valence-electron chi connectivity index (χ1n) is 11.5. The first-order chi connectivity index (χ1) is 16.0. The summed E-state index contributed by atoms with van der Waals surface area (Å²) in [6.07, 6.45) is 10.9. The summed E-state index contributed by atoms with van der Waals surface area (Å²) >= 11 is 0. The van der Waals surface area contributed by atoms with Crippen LogP contribution >= 0.6 is 0 Å². The maximum Gasteiger partial charge on any atom is 0.322 e. The van der Waals surface area contributed by atoms with Crippen molar-refractivity contribution in [3.8, 4) is 0 Å². The van der Waals surface area contributed by atoms with Gasteiger partial charge < -0.3 is 15.3 Å². The van der Waals surface area contributed by atoms with E-state index >= 15 is 0 Å². The summed E-state index contributed by atoms with van der Waals surface area (Å²) in [5.74, 6) is -0.500. The molecule has 33 heavy (non-hydrogen) atoms. The van der Waals surface area contributed by atoms with Crippen molar-refractivity contribution in [1.29, 1.82) is 0 Å². The average molecular weight is 445 g/mol. The third-order valence-corrected chi connectivity index (χ3v) is 7.72. The highest BCUT2D eigenvalue weighted by Gasteiger charge is 2.48. The van der Waals surface area contributed by atoms with E-state index < -0.39 is 12.5 Å². The highest BCUT2D eigenvalue weighted by molar-refractivity contribution is 5.97. The van der Waals surface area contributed by atoms with Crippen LogP contribution in [0.15, 0.2) is 60.7 Å². The van der Waals surface area contributed by atoms with E-state index in [1.807, 2.05) is 24.3 Å². The lowest BCUT2D eigenvalue weighted by molar-refractivity contribution is -0.135. The van der Waals surface area contributed by atoms with Gasteiger partial charge in [0.25, 0.3) is 5.91 Å². The van der Waals surface area contributed by atoms with Crippen LogP contribution in [-0.4, -0.2) is 30.1 Å². The SMILES string of the molecule is O=C(O)CNC(=O)c1cc2c3c(c1)[C@H]1C=CC[C@@H]1[C@H](c1ccc(F)cc1)N3C[C@H]1CC=C[C@H]21. The number of amides is 1. The smallest absolute Gasteiger partial charge is 0.322 e. The Kier molecular flexibility index (Phi) is 4.64. The third kappa shape index (κ3) is 3.19. The van der Waals surface area contributed by atoms with Gasteiger partial charge in [0.1, 0.15) is 12.4 Å². The number of carboxylic acids is 1. The molecule has 0 fully saturated rings. The molecule has 5 atom stereocenters. The Morgan fingerprint density at radius 2 is 1.73 bits per heavy atom. The molecule has 0 saturated carbocycles. The van der Waals surface area contributed by atoms with Crippen molar-refractivity contribution in [2.24, 2.45) is 11.8 Å². The number of aliphatic carboxylic acids is 1.